The van der Waals surface area contributed by atoms with Gasteiger partial charge in [0.05, 0.1) is 19.4 Å². The molecule has 1 fully saturated rings. The summed E-state index contributed by atoms with van der Waals surface area (Å²) in [6, 6.07) is 13.9. The molecule has 6 heteroatoms. The number of amides is 1. The van der Waals surface area contributed by atoms with Crippen LogP contribution in [0.25, 0.3) is 0 Å². The Morgan fingerprint density at radius 1 is 1.03 bits per heavy atom. The van der Waals surface area contributed by atoms with E-state index in [1.807, 2.05) is 31.2 Å². The number of quaternary nitrogens is 2. The number of methoxy groups -OCH3 is 1. The number of piperazine rings is 1. The molecular weight excluding hydrogens is 366 g/mol. The Bertz CT molecular complexity index is 817. The van der Waals surface area contributed by atoms with Gasteiger partial charge in [-0.25, -0.2) is 0 Å². The normalized spacial score (nSPS) is 18.9. The van der Waals surface area contributed by atoms with Crippen LogP contribution in [-0.4, -0.2) is 52.3 Å². The molecule has 1 saturated heterocycles. The van der Waals surface area contributed by atoms with Crippen molar-refractivity contribution in [2.75, 3.05) is 51.8 Å². The van der Waals surface area contributed by atoms with Gasteiger partial charge in [-0.05, 0) is 38.1 Å². The molecule has 29 heavy (non-hydrogen) atoms. The second kappa shape index (κ2) is 10.3. The third-order valence-corrected chi connectivity index (χ3v) is 5.41. The van der Waals surface area contributed by atoms with Crippen molar-refractivity contribution < 1.29 is 24.1 Å². The van der Waals surface area contributed by atoms with Gasteiger partial charge in [0.15, 0.2) is 6.54 Å². The van der Waals surface area contributed by atoms with Gasteiger partial charge in [0.1, 0.15) is 44.2 Å². The van der Waals surface area contributed by atoms with E-state index in [-0.39, 0.29) is 5.91 Å². The molecule has 0 unspecified atom stereocenters. The van der Waals surface area contributed by atoms with E-state index in [1.54, 1.807) is 12.0 Å². The van der Waals surface area contributed by atoms with E-state index in [1.165, 1.54) is 16.0 Å². The highest BCUT2D eigenvalue weighted by Crippen LogP contribution is 2.23. The maximum Gasteiger partial charge on any atom is 0.279 e. The Morgan fingerprint density at radius 3 is 2.48 bits per heavy atom. The van der Waals surface area contributed by atoms with Crippen LogP contribution in [0, 0.1) is 6.92 Å². The maximum atomic E-state index is 12.5. The Hall–Kier alpha value is -2.57. The summed E-state index contributed by atoms with van der Waals surface area (Å²) in [5, 5.41) is 3.01. The van der Waals surface area contributed by atoms with Crippen LogP contribution in [0.1, 0.15) is 18.1 Å². The van der Waals surface area contributed by atoms with Crippen LogP contribution >= 0.6 is 0 Å². The quantitative estimate of drug-likeness (QED) is 0.600. The lowest BCUT2D eigenvalue weighted by Gasteiger charge is -2.29. The zero-order valence-electron chi connectivity index (χ0n) is 17.7. The average Bonchev–Trinajstić information content (AvgIpc) is 2.71. The molecule has 0 aromatic heterocycles. The lowest BCUT2D eigenvalue weighted by Crippen LogP contribution is -3.28. The van der Waals surface area contributed by atoms with E-state index in [9.17, 15) is 4.79 Å². The largest absolute Gasteiger partial charge is 0.496 e. The summed E-state index contributed by atoms with van der Waals surface area (Å²) in [7, 11) is 1.73. The fraction of sp³-hybridized carbons (Fsp3) is 0.435. The Morgan fingerprint density at radius 2 is 1.76 bits per heavy atom. The Balaban J connectivity index is 1.49. The molecule has 156 valence electrons. The number of rotatable bonds is 8. The first kappa shape index (κ1) is 21.1. The van der Waals surface area contributed by atoms with E-state index in [0.29, 0.717) is 13.2 Å². The summed E-state index contributed by atoms with van der Waals surface area (Å²) in [6.45, 7) is 10.2. The van der Waals surface area contributed by atoms with Crippen molar-refractivity contribution in [3.63, 3.8) is 0 Å². The molecule has 1 aliphatic rings. The Labute approximate surface area is 173 Å². The maximum absolute atomic E-state index is 12.5. The number of benzene rings is 2. The monoisotopic (exact) mass is 399 g/mol. The topological polar surface area (TPSA) is 56.4 Å². The van der Waals surface area contributed by atoms with Crippen LogP contribution in [0.2, 0.25) is 0 Å². The third-order valence-electron chi connectivity index (χ3n) is 5.41. The summed E-state index contributed by atoms with van der Waals surface area (Å²) in [5.74, 6) is 1.72. The van der Waals surface area contributed by atoms with Gasteiger partial charge in [0.25, 0.3) is 5.91 Å². The van der Waals surface area contributed by atoms with E-state index in [4.69, 9.17) is 9.47 Å². The highest BCUT2D eigenvalue weighted by Gasteiger charge is 2.26. The molecule has 1 aliphatic heterocycles. The van der Waals surface area contributed by atoms with Crippen LogP contribution in [0.5, 0.6) is 11.5 Å². The lowest BCUT2D eigenvalue weighted by atomic mass is 10.1. The second-order valence-corrected chi connectivity index (χ2v) is 7.65. The van der Waals surface area contributed by atoms with Gasteiger partial charge in [-0.15, -0.1) is 0 Å². The minimum absolute atomic E-state index is 0.0379. The van der Waals surface area contributed by atoms with Gasteiger partial charge in [-0.3, -0.25) is 4.79 Å². The molecule has 0 radical (unpaired) electrons. The minimum atomic E-state index is 0.0379. The standard InChI is InChI=1S/C23H31N3O3/c1-4-29-22-8-6-5-7-20(22)24-23(27)17-26-13-11-25(12-14-26)16-19-15-18(2)9-10-21(19)28-3/h5-10,15H,4,11-14,16-17H2,1-3H3,(H,24,27)/p+2. The number of hydrogen-bond donors (Lipinski definition) is 3. The third kappa shape index (κ3) is 5.95. The summed E-state index contributed by atoms with van der Waals surface area (Å²) in [5.41, 5.74) is 3.26. The van der Waals surface area contributed by atoms with Crippen LogP contribution in [0.15, 0.2) is 42.5 Å². The number of nitrogens with one attached hydrogen (secondary N) is 3. The van der Waals surface area contributed by atoms with Crippen LogP contribution in [0.4, 0.5) is 5.69 Å². The first-order chi connectivity index (χ1) is 14.1. The van der Waals surface area contributed by atoms with Crippen molar-refractivity contribution in [3.05, 3.63) is 53.6 Å². The predicted molar refractivity (Wildman–Crippen MR) is 114 cm³/mol. The number of para-hydroxylation sites is 2. The molecule has 6 nitrogen and oxygen atoms in total. The zero-order chi connectivity index (χ0) is 20.6. The highest BCUT2D eigenvalue weighted by atomic mass is 16.5. The van der Waals surface area contributed by atoms with Gasteiger partial charge in [0, 0.05) is 5.56 Å². The van der Waals surface area contributed by atoms with E-state index >= 15 is 0 Å². The van der Waals surface area contributed by atoms with Crippen molar-refractivity contribution in [1.82, 2.24) is 0 Å². The molecule has 3 rings (SSSR count). The van der Waals surface area contributed by atoms with Crippen molar-refractivity contribution in [2.24, 2.45) is 0 Å². The molecule has 1 heterocycles. The van der Waals surface area contributed by atoms with Crippen molar-refractivity contribution in [2.45, 2.75) is 20.4 Å². The summed E-state index contributed by atoms with van der Waals surface area (Å²) < 4.78 is 11.1. The molecule has 1 amide bonds. The van der Waals surface area contributed by atoms with E-state index < -0.39 is 0 Å². The smallest absolute Gasteiger partial charge is 0.279 e. The van der Waals surface area contributed by atoms with Gasteiger partial charge in [0.2, 0.25) is 0 Å². The summed E-state index contributed by atoms with van der Waals surface area (Å²) >= 11 is 0. The van der Waals surface area contributed by atoms with E-state index in [2.05, 4.69) is 30.4 Å². The van der Waals surface area contributed by atoms with Gasteiger partial charge in [-0.2, -0.15) is 0 Å². The van der Waals surface area contributed by atoms with Crippen LogP contribution < -0.4 is 24.6 Å². The molecular formula is C23H33N3O3+2. The fourth-order valence-electron chi connectivity index (χ4n) is 3.90. The van der Waals surface area contributed by atoms with Crippen molar-refractivity contribution in [3.8, 4) is 11.5 Å². The Kier molecular flexibility index (Phi) is 7.49. The number of carbonyl (C=O) groups excluding carboxylic acids is 1. The number of anilines is 1. The van der Waals surface area contributed by atoms with Gasteiger partial charge in [-0.1, -0.05) is 23.8 Å². The molecule has 0 spiro atoms. The average molecular weight is 400 g/mol. The molecule has 3 N–H and O–H groups in total. The lowest BCUT2D eigenvalue weighted by molar-refractivity contribution is -1.02. The zero-order valence-corrected chi connectivity index (χ0v) is 17.7. The SMILES string of the molecule is CCOc1ccccc1NC(=O)C[NH+]1CC[NH+](Cc2cc(C)ccc2OC)CC1. The molecule has 0 aliphatic carbocycles. The molecule has 2 aromatic carbocycles. The number of carbonyl (C=O) groups is 1. The van der Waals surface area contributed by atoms with Crippen molar-refractivity contribution >= 4 is 11.6 Å². The molecule has 0 atom stereocenters. The highest BCUT2D eigenvalue weighted by molar-refractivity contribution is 5.92. The second-order valence-electron chi connectivity index (χ2n) is 7.65. The van der Waals surface area contributed by atoms with Gasteiger partial charge < -0.3 is 24.6 Å². The fourth-order valence-corrected chi connectivity index (χ4v) is 3.90. The van der Waals surface area contributed by atoms with E-state index in [0.717, 1.165) is 49.9 Å². The first-order valence-electron chi connectivity index (χ1n) is 10.4. The van der Waals surface area contributed by atoms with Crippen LogP contribution in [-0.2, 0) is 11.3 Å². The number of hydrogen-bond acceptors (Lipinski definition) is 3. The summed E-state index contributed by atoms with van der Waals surface area (Å²) in [6.07, 6.45) is 0. The molecule has 0 bridgehead atoms. The summed E-state index contributed by atoms with van der Waals surface area (Å²) in [4.78, 5) is 15.4. The van der Waals surface area contributed by atoms with Crippen molar-refractivity contribution in [1.29, 1.82) is 0 Å². The molecule has 0 saturated carbocycles. The first-order valence-corrected chi connectivity index (χ1v) is 10.4. The van der Waals surface area contributed by atoms with Crippen LogP contribution in [0.3, 0.4) is 0 Å². The number of aryl methyl sites for hydroxylation is 1. The molecule has 2 aromatic rings. The van der Waals surface area contributed by atoms with Gasteiger partial charge >= 0.3 is 0 Å². The predicted octanol–water partition coefficient (Wildman–Crippen LogP) is 0.324. The number of ether oxygens (including phenoxy) is 2. The minimum Gasteiger partial charge on any atom is -0.496 e.